The van der Waals surface area contributed by atoms with Crippen LogP contribution in [0.2, 0.25) is 0 Å². The molecule has 0 spiro atoms. The fraction of sp³-hybridized carbons (Fsp3) is 0.588. The van der Waals surface area contributed by atoms with E-state index in [-0.39, 0.29) is 0 Å². The number of hydrogen-bond acceptors (Lipinski definition) is 6. The van der Waals surface area contributed by atoms with Gasteiger partial charge < -0.3 is 15.0 Å². The molecule has 7 nitrogen and oxygen atoms in total. The Morgan fingerprint density at radius 3 is 2.79 bits per heavy atom. The van der Waals surface area contributed by atoms with Crippen molar-refractivity contribution in [1.29, 1.82) is 0 Å². The third kappa shape index (κ3) is 3.57. The maximum Gasteiger partial charge on any atom is 0.147 e. The molecular formula is C17H26N6O. The monoisotopic (exact) mass is 330 g/mol. The van der Waals surface area contributed by atoms with E-state index in [1.807, 2.05) is 24.0 Å². The summed E-state index contributed by atoms with van der Waals surface area (Å²) in [6.07, 6.45) is 4.88. The Morgan fingerprint density at radius 2 is 2.04 bits per heavy atom. The molecule has 7 heteroatoms. The standard InChI is InChI=1S/C17H26N6O/c1-13-17(14(2)23(21-13)9-10-24-3)15-11-20-16(12-19-15)22-7-4-5-18-6-8-22/h11-12,18H,4-10H2,1-3H3. The van der Waals surface area contributed by atoms with Gasteiger partial charge in [0.1, 0.15) is 5.82 Å². The first-order valence-electron chi connectivity index (χ1n) is 8.51. The van der Waals surface area contributed by atoms with Gasteiger partial charge in [-0.2, -0.15) is 5.10 Å². The highest BCUT2D eigenvalue weighted by molar-refractivity contribution is 5.64. The predicted molar refractivity (Wildman–Crippen MR) is 94.3 cm³/mol. The first kappa shape index (κ1) is 16.9. The normalized spacial score (nSPS) is 15.5. The second-order valence-electron chi connectivity index (χ2n) is 6.11. The summed E-state index contributed by atoms with van der Waals surface area (Å²) in [5.74, 6) is 0.949. The minimum atomic E-state index is 0.648. The lowest BCUT2D eigenvalue weighted by Crippen LogP contribution is -2.28. The average molecular weight is 330 g/mol. The molecule has 1 saturated heterocycles. The summed E-state index contributed by atoms with van der Waals surface area (Å²) in [6.45, 7) is 9.54. The summed E-state index contributed by atoms with van der Waals surface area (Å²) in [5.41, 5.74) is 4.03. The molecule has 3 heterocycles. The fourth-order valence-electron chi connectivity index (χ4n) is 3.15. The summed E-state index contributed by atoms with van der Waals surface area (Å²) in [4.78, 5) is 11.6. The Hall–Kier alpha value is -1.99. The van der Waals surface area contributed by atoms with Gasteiger partial charge >= 0.3 is 0 Å². The van der Waals surface area contributed by atoms with E-state index in [0.29, 0.717) is 6.61 Å². The molecule has 0 atom stereocenters. The van der Waals surface area contributed by atoms with Gasteiger partial charge in [-0.3, -0.25) is 9.67 Å². The van der Waals surface area contributed by atoms with E-state index in [2.05, 4.69) is 32.2 Å². The Kier molecular flexibility index (Phi) is 5.42. The Balaban J connectivity index is 1.81. The van der Waals surface area contributed by atoms with Crippen molar-refractivity contribution in [3.8, 4) is 11.3 Å². The number of methoxy groups -OCH3 is 1. The third-order valence-corrected chi connectivity index (χ3v) is 4.45. The lowest BCUT2D eigenvalue weighted by molar-refractivity contribution is 0.182. The molecule has 1 fully saturated rings. The number of aryl methyl sites for hydroxylation is 1. The van der Waals surface area contributed by atoms with Crippen LogP contribution in [-0.4, -0.2) is 59.6 Å². The van der Waals surface area contributed by atoms with Crippen molar-refractivity contribution in [3.63, 3.8) is 0 Å². The highest BCUT2D eigenvalue weighted by atomic mass is 16.5. The number of nitrogens with zero attached hydrogens (tertiary/aromatic N) is 5. The van der Waals surface area contributed by atoms with Crippen molar-refractivity contribution in [2.75, 3.05) is 44.8 Å². The van der Waals surface area contributed by atoms with Crippen molar-refractivity contribution in [3.05, 3.63) is 23.8 Å². The number of rotatable bonds is 5. The van der Waals surface area contributed by atoms with Crippen molar-refractivity contribution >= 4 is 5.82 Å². The molecule has 0 unspecified atom stereocenters. The van der Waals surface area contributed by atoms with Crippen LogP contribution in [0.3, 0.4) is 0 Å². The van der Waals surface area contributed by atoms with E-state index < -0.39 is 0 Å². The quantitative estimate of drug-likeness (QED) is 0.894. The lowest BCUT2D eigenvalue weighted by Gasteiger charge is -2.20. The summed E-state index contributed by atoms with van der Waals surface area (Å²) in [5, 5.41) is 8.01. The Bertz CT molecular complexity index is 658. The van der Waals surface area contributed by atoms with Gasteiger partial charge in [-0.15, -0.1) is 0 Å². The first-order chi connectivity index (χ1) is 11.7. The topological polar surface area (TPSA) is 68.1 Å². The molecule has 2 aromatic heterocycles. The molecule has 0 bridgehead atoms. The van der Waals surface area contributed by atoms with Gasteiger partial charge in [-0.25, -0.2) is 4.98 Å². The van der Waals surface area contributed by atoms with Gasteiger partial charge in [0.25, 0.3) is 0 Å². The van der Waals surface area contributed by atoms with Crippen molar-refractivity contribution < 1.29 is 4.74 Å². The van der Waals surface area contributed by atoms with Gasteiger partial charge in [-0.05, 0) is 26.8 Å². The van der Waals surface area contributed by atoms with Crippen LogP contribution in [0, 0.1) is 13.8 Å². The maximum absolute atomic E-state index is 5.15. The van der Waals surface area contributed by atoms with Gasteiger partial charge in [-0.1, -0.05) is 0 Å². The van der Waals surface area contributed by atoms with E-state index in [1.165, 1.54) is 0 Å². The number of nitrogens with one attached hydrogen (secondary N) is 1. The first-order valence-corrected chi connectivity index (χ1v) is 8.51. The number of ether oxygens (including phenoxy) is 1. The highest BCUT2D eigenvalue weighted by Crippen LogP contribution is 2.25. The molecule has 1 N–H and O–H groups in total. The molecular weight excluding hydrogens is 304 g/mol. The Morgan fingerprint density at radius 1 is 1.17 bits per heavy atom. The Labute approximate surface area is 143 Å². The lowest BCUT2D eigenvalue weighted by atomic mass is 10.1. The zero-order chi connectivity index (χ0) is 16.9. The molecule has 0 aromatic carbocycles. The summed E-state index contributed by atoms with van der Waals surface area (Å²) < 4.78 is 7.13. The van der Waals surface area contributed by atoms with E-state index in [0.717, 1.165) is 67.6 Å². The molecule has 3 rings (SSSR count). The van der Waals surface area contributed by atoms with Crippen LogP contribution in [-0.2, 0) is 11.3 Å². The largest absolute Gasteiger partial charge is 0.383 e. The summed E-state index contributed by atoms with van der Waals surface area (Å²) in [6, 6.07) is 0. The van der Waals surface area contributed by atoms with Gasteiger partial charge in [0.05, 0.1) is 36.9 Å². The van der Waals surface area contributed by atoms with Crippen molar-refractivity contribution in [1.82, 2.24) is 25.1 Å². The predicted octanol–water partition coefficient (Wildman–Crippen LogP) is 1.40. The zero-order valence-corrected chi connectivity index (χ0v) is 14.7. The van der Waals surface area contributed by atoms with E-state index >= 15 is 0 Å². The summed E-state index contributed by atoms with van der Waals surface area (Å²) in [7, 11) is 1.70. The zero-order valence-electron chi connectivity index (χ0n) is 14.7. The van der Waals surface area contributed by atoms with Crippen LogP contribution in [0.1, 0.15) is 17.8 Å². The smallest absolute Gasteiger partial charge is 0.147 e. The van der Waals surface area contributed by atoms with Gasteiger partial charge in [0, 0.05) is 38.0 Å². The average Bonchev–Trinajstić information content (AvgIpc) is 2.78. The fourth-order valence-corrected chi connectivity index (χ4v) is 3.15. The van der Waals surface area contributed by atoms with E-state index in [1.54, 1.807) is 7.11 Å². The SMILES string of the molecule is COCCn1nc(C)c(-c2cnc(N3CCCNCC3)cn2)c1C. The molecule has 0 aliphatic carbocycles. The molecule has 2 aromatic rings. The molecule has 0 radical (unpaired) electrons. The maximum atomic E-state index is 5.15. The highest BCUT2D eigenvalue weighted by Gasteiger charge is 2.16. The molecule has 1 aliphatic heterocycles. The second-order valence-corrected chi connectivity index (χ2v) is 6.11. The number of hydrogen-bond donors (Lipinski definition) is 1. The van der Waals surface area contributed by atoms with E-state index in [9.17, 15) is 0 Å². The van der Waals surface area contributed by atoms with Crippen molar-refractivity contribution in [2.45, 2.75) is 26.8 Å². The second kappa shape index (κ2) is 7.72. The van der Waals surface area contributed by atoms with Crippen LogP contribution in [0.25, 0.3) is 11.3 Å². The number of aromatic nitrogens is 4. The van der Waals surface area contributed by atoms with Gasteiger partial charge in [0.2, 0.25) is 0 Å². The minimum Gasteiger partial charge on any atom is -0.383 e. The molecule has 0 amide bonds. The molecule has 24 heavy (non-hydrogen) atoms. The van der Waals surface area contributed by atoms with Crippen LogP contribution in [0.5, 0.6) is 0 Å². The molecule has 0 saturated carbocycles. The molecule has 1 aliphatic rings. The van der Waals surface area contributed by atoms with E-state index in [4.69, 9.17) is 4.74 Å². The number of anilines is 1. The van der Waals surface area contributed by atoms with Crippen LogP contribution in [0.4, 0.5) is 5.82 Å². The van der Waals surface area contributed by atoms with Gasteiger partial charge in [0.15, 0.2) is 0 Å². The third-order valence-electron chi connectivity index (χ3n) is 4.45. The van der Waals surface area contributed by atoms with Crippen LogP contribution in [0.15, 0.2) is 12.4 Å². The van der Waals surface area contributed by atoms with Crippen molar-refractivity contribution in [2.24, 2.45) is 0 Å². The molecule has 130 valence electrons. The minimum absolute atomic E-state index is 0.648. The van der Waals surface area contributed by atoms with Crippen LogP contribution < -0.4 is 10.2 Å². The van der Waals surface area contributed by atoms with Crippen LogP contribution >= 0.6 is 0 Å². The summed E-state index contributed by atoms with van der Waals surface area (Å²) >= 11 is 0.